The van der Waals surface area contributed by atoms with Crippen LogP contribution in [0.15, 0.2) is 11.0 Å². The zero-order valence-electron chi connectivity index (χ0n) is 18.4. The fourth-order valence-corrected chi connectivity index (χ4v) is 6.22. The molecule has 0 fully saturated rings. The van der Waals surface area contributed by atoms with Crippen molar-refractivity contribution < 1.29 is 18.5 Å². The van der Waals surface area contributed by atoms with Crippen LogP contribution < -0.4 is 15.2 Å². The molecule has 0 saturated heterocycles. The summed E-state index contributed by atoms with van der Waals surface area (Å²) >= 11 is 0. The molecule has 9 nitrogen and oxygen atoms in total. The third-order valence-corrected chi connectivity index (χ3v) is 7.93. The summed E-state index contributed by atoms with van der Waals surface area (Å²) in [5.74, 6) is -0.0421. The van der Waals surface area contributed by atoms with Crippen LogP contribution in [0.25, 0.3) is 0 Å². The third-order valence-electron chi connectivity index (χ3n) is 6.96. The molecule has 2 aliphatic carbocycles. The molecule has 0 spiro atoms. The number of ether oxygens (including phenoxy) is 2. The number of aryl methyl sites for hydroxylation is 2. The summed E-state index contributed by atoms with van der Waals surface area (Å²) < 4.78 is 33.2. The number of nitrogens with two attached hydrogens (primary N) is 1. The van der Waals surface area contributed by atoms with E-state index in [0.717, 1.165) is 49.8 Å². The van der Waals surface area contributed by atoms with Crippen LogP contribution in [0.3, 0.4) is 0 Å². The average Bonchev–Trinajstić information content (AvgIpc) is 3.48. The van der Waals surface area contributed by atoms with E-state index < -0.39 is 15.8 Å². The Bertz CT molecular complexity index is 1200. The fraction of sp³-hybridized carbons (Fsp3) is 0.545. The predicted octanol–water partition coefficient (Wildman–Crippen LogP) is 2.75. The van der Waals surface area contributed by atoms with Crippen LogP contribution in [-0.2, 0) is 40.5 Å². The third kappa shape index (κ3) is 3.41. The molecule has 1 aromatic heterocycles. The number of amides is 1. The lowest BCUT2D eigenvalue weighted by molar-refractivity contribution is 0.0943. The van der Waals surface area contributed by atoms with Gasteiger partial charge in [-0.3, -0.25) is 4.79 Å². The number of hydrogen-bond donors (Lipinski definition) is 3. The number of hydrogen-bond acceptors (Lipinski definition) is 6. The molecule has 32 heavy (non-hydrogen) atoms. The molecule has 4 N–H and O–H groups in total. The second-order valence-corrected chi connectivity index (χ2v) is 10.5. The topological polar surface area (TPSA) is 132 Å². The van der Waals surface area contributed by atoms with Gasteiger partial charge in [-0.1, -0.05) is 6.07 Å². The summed E-state index contributed by atoms with van der Waals surface area (Å²) in [4.78, 5) is 13.3. The molecule has 3 aliphatic rings. The number of anilines is 1. The number of aromatic nitrogens is 2. The number of nitrogens with one attached hydrogen (secondary N) is 2. The Balaban J connectivity index is 1.58. The van der Waals surface area contributed by atoms with E-state index in [4.69, 9.17) is 19.4 Å². The molecule has 1 amide bonds. The summed E-state index contributed by atoms with van der Waals surface area (Å²) in [6, 6.07) is 2.30. The van der Waals surface area contributed by atoms with Crippen molar-refractivity contribution in [3.8, 4) is 5.88 Å². The SMILES string of the molecule is COC(C)C1CCc2c1cc1c(c2NC(=O)c2nn3c(c2S(=N)(N)=O)OCCC3)CCC1. The Labute approximate surface area is 187 Å². The van der Waals surface area contributed by atoms with Crippen LogP contribution in [0.5, 0.6) is 5.88 Å². The highest BCUT2D eigenvalue weighted by atomic mass is 32.2. The number of carbonyl (C=O) groups is 1. The van der Waals surface area contributed by atoms with E-state index in [0.29, 0.717) is 13.2 Å². The number of rotatable bonds is 5. The summed E-state index contributed by atoms with van der Waals surface area (Å²) in [5.41, 5.74) is 5.58. The molecule has 10 heteroatoms. The van der Waals surface area contributed by atoms with E-state index >= 15 is 0 Å². The average molecular weight is 460 g/mol. The van der Waals surface area contributed by atoms with Crippen molar-refractivity contribution in [3.05, 3.63) is 34.0 Å². The Kier molecular flexibility index (Phi) is 5.26. The maximum absolute atomic E-state index is 13.4. The smallest absolute Gasteiger partial charge is 0.277 e. The van der Waals surface area contributed by atoms with Gasteiger partial charge in [-0.05, 0) is 61.3 Å². The molecule has 172 valence electrons. The van der Waals surface area contributed by atoms with E-state index in [2.05, 4.69) is 23.4 Å². The first-order valence-corrected chi connectivity index (χ1v) is 12.7. The molecule has 3 unspecified atom stereocenters. The van der Waals surface area contributed by atoms with Crippen LogP contribution in [-0.4, -0.2) is 39.7 Å². The molecule has 2 aromatic rings. The maximum atomic E-state index is 13.4. The van der Waals surface area contributed by atoms with Crippen molar-refractivity contribution >= 4 is 21.5 Å². The van der Waals surface area contributed by atoms with Crippen LogP contribution >= 0.6 is 0 Å². The predicted molar refractivity (Wildman–Crippen MR) is 120 cm³/mol. The van der Waals surface area contributed by atoms with Gasteiger partial charge in [0.2, 0.25) is 5.88 Å². The van der Waals surface area contributed by atoms with Crippen LogP contribution in [0.2, 0.25) is 0 Å². The quantitative estimate of drug-likeness (QED) is 0.632. The Morgan fingerprint density at radius 3 is 2.94 bits per heavy atom. The van der Waals surface area contributed by atoms with E-state index in [1.807, 2.05) is 0 Å². The molecular weight excluding hydrogens is 430 g/mol. The highest BCUT2D eigenvalue weighted by Gasteiger charge is 2.35. The van der Waals surface area contributed by atoms with Crippen molar-refractivity contribution in [1.29, 1.82) is 4.78 Å². The molecule has 1 aliphatic heterocycles. The van der Waals surface area contributed by atoms with E-state index in [9.17, 15) is 9.00 Å². The minimum atomic E-state index is -3.70. The van der Waals surface area contributed by atoms with Gasteiger partial charge < -0.3 is 14.8 Å². The van der Waals surface area contributed by atoms with E-state index in [1.54, 1.807) is 7.11 Å². The molecule has 0 bridgehead atoms. The summed E-state index contributed by atoms with van der Waals surface area (Å²) in [5, 5.41) is 13.1. The van der Waals surface area contributed by atoms with Gasteiger partial charge in [-0.15, -0.1) is 0 Å². The van der Waals surface area contributed by atoms with Gasteiger partial charge in [0.15, 0.2) is 10.6 Å². The standard InChI is InChI=1S/C22H29N5O4S/c1-12(30-2)14-7-8-16-17(14)11-13-5-3-6-15(13)18(16)25-21(28)19-20(32(23,24)29)22-27(26-19)9-4-10-31-22/h11-12,14H,3-10H2,1-2H3,(H,25,28)(H3,23,24,29). The highest BCUT2D eigenvalue weighted by molar-refractivity contribution is 7.90. The first kappa shape index (κ1) is 21.4. The molecule has 5 rings (SSSR count). The van der Waals surface area contributed by atoms with Gasteiger partial charge >= 0.3 is 0 Å². The van der Waals surface area contributed by atoms with Crippen LogP contribution in [0, 0.1) is 4.78 Å². The molecule has 1 aromatic carbocycles. The number of nitrogens with zero attached hydrogens (tertiary/aromatic N) is 2. The first-order valence-electron chi connectivity index (χ1n) is 11.1. The summed E-state index contributed by atoms with van der Waals surface area (Å²) in [6.45, 7) is 3.02. The lowest BCUT2D eigenvalue weighted by Crippen LogP contribution is -2.21. The Hall–Kier alpha value is -2.43. The highest BCUT2D eigenvalue weighted by Crippen LogP contribution is 2.45. The molecular formula is C22H29N5O4S. The van der Waals surface area contributed by atoms with Crippen LogP contribution in [0.4, 0.5) is 5.69 Å². The lowest BCUT2D eigenvalue weighted by atomic mass is 9.92. The molecule has 3 atom stereocenters. The number of fused-ring (bicyclic) bond motifs is 3. The summed E-state index contributed by atoms with van der Waals surface area (Å²) in [7, 11) is -1.97. The van der Waals surface area contributed by atoms with Crippen LogP contribution in [0.1, 0.15) is 64.8 Å². The number of carbonyl (C=O) groups excluding carboxylic acids is 1. The van der Waals surface area contributed by atoms with Crippen molar-refractivity contribution in [2.75, 3.05) is 19.0 Å². The summed E-state index contributed by atoms with van der Waals surface area (Å²) in [6.07, 6.45) is 5.58. The second-order valence-electron chi connectivity index (χ2n) is 8.86. The normalized spacial score (nSPS) is 21.8. The maximum Gasteiger partial charge on any atom is 0.277 e. The number of benzene rings is 1. The Morgan fingerprint density at radius 1 is 1.38 bits per heavy atom. The van der Waals surface area contributed by atoms with Gasteiger partial charge in [0, 0.05) is 31.7 Å². The van der Waals surface area contributed by atoms with Gasteiger partial charge in [-0.2, -0.15) is 5.10 Å². The molecule has 0 radical (unpaired) electrons. The van der Waals surface area contributed by atoms with Crippen molar-refractivity contribution in [2.24, 2.45) is 5.14 Å². The Morgan fingerprint density at radius 2 is 2.19 bits per heavy atom. The second kappa shape index (κ2) is 7.86. The number of methoxy groups -OCH3 is 1. The van der Waals surface area contributed by atoms with Gasteiger partial charge in [-0.25, -0.2) is 18.8 Å². The van der Waals surface area contributed by atoms with Crippen molar-refractivity contribution in [2.45, 2.75) is 68.9 Å². The van der Waals surface area contributed by atoms with Gasteiger partial charge in [0.1, 0.15) is 9.92 Å². The van der Waals surface area contributed by atoms with Crippen molar-refractivity contribution in [3.63, 3.8) is 0 Å². The zero-order valence-corrected chi connectivity index (χ0v) is 19.2. The lowest BCUT2D eigenvalue weighted by Gasteiger charge is -2.21. The largest absolute Gasteiger partial charge is 0.477 e. The fourth-order valence-electron chi connectivity index (χ4n) is 5.37. The molecule has 0 saturated carbocycles. The minimum Gasteiger partial charge on any atom is -0.477 e. The van der Waals surface area contributed by atoms with E-state index in [1.165, 1.54) is 21.4 Å². The first-order chi connectivity index (χ1) is 15.3. The van der Waals surface area contributed by atoms with Gasteiger partial charge in [0.05, 0.1) is 12.7 Å². The minimum absolute atomic E-state index is 0.0893. The van der Waals surface area contributed by atoms with Gasteiger partial charge in [0.25, 0.3) is 5.91 Å². The molecule has 2 heterocycles. The monoisotopic (exact) mass is 459 g/mol. The van der Waals surface area contributed by atoms with E-state index in [-0.39, 0.29) is 28.5 Å². The zero-order chi connectivity index (χ0) is 22.6. The van der Waals surface area contributed by atoms with Crippen molar-refractivity contribution in [1.82, 2.24) is 9.78 Å².